The average Bonchev–Trinajstić information content (AvgIpc) is 3.33. The number of allylic oxidation sites excluding steroid dienone is 2. The Kier molecular flexibility index (Phi) is 8.30. The first-order valence-corrected chi connectivity index (χ1v) is 11.3. The number of nitrogens with one attached hydrogen (secondary N) is 1. The maximum atomic E-state index is 14.5. The highest BCUT2D eigenvalue weighted by Crippen LogP contribution is 2.32. The normalized spacial score (nSPS) is 18.0. The van der Waals surface area contributed by atoms with Gasteiger partial charge in [0, 0.05) is 41.9 Å². The summed E-state index contributed by atoms with van der Waals surface area (Å²) in [5.41, 5.74) is 0.300. The minimum absolute atomic E-state index is 0.102. The Hall–Kier alpha value is -2.94. The summed E-state index contributed by atoms with van der Waals surface area (Å²) in [6.45, 7) is 6.96. The molecular formula is C25H30F4N4O. The fraction of sp³-hybridized carbons (Fsp3) is 0.440. The zero-order valence-electron chi connectivity index (χ0n) is 19.8. The number of hydrogen-bond donors (Lipinski definition) is 1. The molecule has 0 spiro atoms. The highest BCUT2D eigenvalue weighted by molar-refractivity contribution is 5.54. The summed E-state index contributed by atoms with van der Waals surface area (Å²) in [6.07, 6.45) is 2.97. The van der Waals surface area contributed by atoms with Crippen LogP contribution in [0.15, 0.2) is 30.0 Å². The van der Waals surface area contributed by atoms with Crippen LogP contribution in [0.1, 0.15) is 43.5 Å². The van der Waals surface area contributed by atoms with Crippen LogP contribution in [0.25, 0.3) is 12.2 Å². The quantitative estimate of drug-likeness (QED) is 0.606. The number of likely N-dealkylation sites (N-methyl/N-ethyl adjacent to an activating group) is 1. The van der Waals surface area contributed by atoms with Crippen LogP contribution in [-0.2, 0) is 17.5 Å². The van der Waals surface area contributed by atoms with E-state index in [1.807, 2.05) is 40.0 Å². The molecule has 0 aliphatic carbocycles. The zero-order valence-corrected chi connectivity index (χ0v) is 19.8. The van der Waals surface area contributed by atoms with E-state index in [9.17, 15) is 17.6 Å². The number of aromatic nitrogens is 2. The second-order valence-electron chi connectivity index (χ2n) is 8.19. The number of alkyl halides is 3. The van der Waals surface area contributed by atoms with Gasteiger partial charge in [0.25, 0.3) is 0 Å². The molecule has 0 amide bonds. The van der Waals surface area contributed by atoms with Crippen LogP contribution in [0.5, 0.6) is 0 Å². The second kappa shape index (κ2) is 11.0. The first-order chi connectivity index (χ1) is 16.2. The molecule has 34 heavy (non-hydrogen) atoms. The van der Waals surface area contributed by atoms with E-state index < -0.39 is 17.6 Å². The monoisotopic (exact) mass is 478 g/mol. The summed E-state index contributed by atoms with van der Waals surface area (Å²) in [5, 5.41) is 13.0. The molecule has 9 heteroatoms. The maximum Gasteiger partial charge on any atom is 0.419 e. The Labute approximate surface area is 196 Å². The van der Waals surface area contributed by atoms with Crippen molar-refractivity contribution in [1.29, 1.82) is 0 Å². The summed E-state index contributed by atoms with van der Waals surface area (Å²) in [5.74, 6) is -0.920. The molecule has 0 saturated carbocycles. The molecule has 184 valence electrons. The molecule has 0 bridgehead atoms. The van der Waals surface area contributed by atoms with Gasteiger partial charge in [-0.15, -0.1) is 5.10 Å². The minimum atomic E-state index is -4.76. The predicted octanol–water partition coefficient (Wildman–Crippen LogP) is 4.15. The van der Waals surface area contributed by atoms with Crippen molar-refractivity contribution in [2.45, 2.75) is 52.4 Å². The van der Waals surface area contributed by atoms with Crippen LogP contribution in [0.2, 0.25) is 0 Å². The van der Waals surface area contributed by atoms with Crippen molar-refractivity contribution in [2.75, 3.05) is 25.6 Å². The molecule has 2 heterocycles. The van der Waals surface area contributed by atoms with Gasteiger partial charge in [-0.1, -0.05) is 31.2 Å². The van der Waals surface area contributed by atoms with Crippen LogP contribution in [-0.4, -0.2) is 41.4 Å². The van der Waals surface area contributed by atoms with E-state index in [2.05, 4.69) is 26.5 Å². The number of nitrogens with zero attached hydrogens (tertiary/aromatic N) is 3. The number of rotatable bonds is 7. The molecule has 1 fully saturated rings. The van der Waals surface area contributed by atoms with Gasteiger partial charge in [-0.2, -0.15) is 18.3 Å². The molecule has 0 radical (unpaired) electrons. The Balaban J connectivity index is 2.03. The van der Waals surface area contributed by atoms with Crippen molar-refractivity contribution in [3.05, 3.63) is 63.0 Å². The van der Waals surface area contributed by atoms with Gasteiger partial charge >= 0.3 is 6.18 Å². The van der Waals surface area contributed by atoms with Crippen molar-refractivity contribution in [3.8, 4) is 0 Å². The summed E-state index contributed by atoms with van der Waals surface area (Å²) in [6, 6.07) is 3.50. The third-order valence-corrected chi connectivity index (χ3v) is 5.92. The van der Waals surface area contributed by atoms with Gasteiger partial charge in [-0.05, 0) is 38.8 Å². The highest BCUT2D eigenvalue weighted by atomic mass is 19.4. The summed E-state index contributed by atoms with van der Waals surface area (Å²) < 4.78 is 59.4. The molecule has 1 aromatic carbocycles. The van der Waals surface area contributed by atoms with Gasteiger partial charge < -0.3 is 15.0 Å². The first-order valence-electron chi connectivity index (χ1n) is 11.3. The van der Waals surface area contributed by atoms with Crippen molar-refractivity contribution in [1.82, 2.24) is 15.1 Å². The third kappa shape index (κ3) is 5.75. The van der Waals surface area contributed by atoms with E-state index in [0.717, 1.165) is 35.0 Å². The van der Waals surface area contributed by atoms with Crippen molar-refractivity contribution < 1.29 is 22.3 Å². The topological polar surface area (TPSA) is 50.3 Å². The largest absolute Gasteiger partial charge is 0.419 e. The number of halogens is 4. The van der Waals surface area contributed by atoms with Gasteiger partial charge in [0.05, 0.1) is 23.9 Å². The SMILES string of the molecule is C/C=c1/c(C)nnc(NCc2cccc(C(F)(F)F)c2F)/c1=C/C(=C/CC)N(C)C1CCOC1. The molecule has 1 saturated heterocycles. The zero-order chi connectivity index (χ0) is 24.9. The number of aryl methyl sites for hydroxylation is 1. The molecule has 5 nitrogen and oxygen atoms in total. The minimum Gasteiger partial charge on any atom is -0.379 e. The lowest BCUT2D eigenvalue weighted by Crippen LogP contribution is -2.36. The van der Waals surface area contributed by atoms with Crippen molar-refractivity contribution in [2.24, 2.45) is 0 Å². The van der Waals surface area contributed by atoms with Crippen LogP contribution in [0.4, 0.5) is 23.4 Å². The molecule has 1 N–H and O–H groups in total. The fourth-order valence-electron chi connectivity index (χ4n) is 4.01. The van der Waals surface area contributed by atoms with Crippen LogP contribution in [0, 0.1) is 12.7 Å². The number of anilines is 1. The Morgan fingerprint density at radius 2 is 2.03 bits per heavy atom. The molecule has 1 unspecified atom stereocenters. The van der Waals surface area contributed by atoms with Crippen LogP contribution < -0.4 is 15.8 Å². The fourth-order valence-corrected chi connectivity index (χ4v) is 4.01. The van der Waals surface area contributed by atoms with Gasteiger partial charge in [0.15, 0.2) is 5.82 Å². The summed E-state index contributed by atoms with van der Waals surface area (Å²) >= 11 is 0. The number of benzene rings is 1. The average molecular weight is 479 g/mol. The maximum absolute atomic E-state index is 14.5. The standard InChI is InChI=1S/C25H30F4N4O/c1-5-8-18(33(4)19-11-12-34-15-19)13-21-20(6-2)16(3)31-32-24(21)30-14-17-9-7-10-22(23(17)26)25(27,28)29/h6-10,13,19H,5,11-12,14-15H2,1-4H3,(H,30,32)/b18-8-,20-6-,21-13+. The van der Waals surface area contributed by atoms with Crippen LogP contribution in [0.3, 0.4) is 0 Å². The molecule has 1 aliphatic rings. The second-order valence-corrected chi connectivity index (χ2v) is 8.19. The van der Waals surface area contributed by atoms with Crippen LogP contribution >= 0.6 is 0 Å². The summed E-state index contributed by atoms with van der Waals surface area (Å²) in [7, 11) is 2.01. The van der Waals surface area contributed by atoms with Gasteiger partial charge in [0.1, 0.15) is 5.82 Å². The van der Waals surface area contributed by atoms with Gasteiger partial charge in [-0.25, -0.2) is 4.39 Å². The lowest BCUT2D eigenvalue weighted by Gasteiger charge is -2.26. The van der Waals surface area contributed by atoms with E-state index in [0.29, 0.717) is 24.7 Å². The lowest BCUT2D eigenvalue weighted by atomic mass is 10.1. The van der Waals surface area contributed by atoms with E-state index in [1.54, 1.807) is 0 Å². The van der Waals surface area contributed by atoms with Gasteiger partial charge in [0.2, 0.25) is 0 Å². The summed E-state index contributed by atoms with van der Waals surface area (Å²) in [4.78, 5) is 2.17. The Morgan fingerprint density at radius 1 is 1.26 bits per heavy atom. The third-order valence-electron chi connectivity index (χ3n) is 5.92. The van der Waals surface area contributed by atoms with E-state index in [-0.39, 0.29) is 18.2 Å². The number of ether oxygens (including phenoxy) is 1. The van der Waals surface area contributed by atoms with E-state index in [4.69, 9.17) is 4.74 Å². The highest BCUT2D eigenvalue weighted by Gasteiger charge is 2.34. The lowest BCUT2D eigenvalue weighted by molar-refractivity contribution is -0.140. The molecular weight excluding hydrogens is 448 g/mol. The molecule has 1 aromatic heterocycles. The van der Waals surface area contributed by atoms with E-state index in [1.165, 1.54) is 12.1 Å². The molecule has 3 rings (SSSR count). The van der Waals surface area contributed by atoms with Crippen molar-refractivity contribution >= 4 is 18.0 Å². The molecule has 1 aliphatic heterocycles. The smallest absolute Gasteiger partial charge is 0.379 e. The Morgan fingerprint density at radius 3 is 2.65 bits per heavy atom. The first kappa shape index (κ1) is 25.7. The van der Waals surface area contributed by atoms with Crippen molar-refractivity contribution in [3.63, 3.8) is 0 Å². The Bertz CT molecular complexity index is 1150. The number of hydrogen-bond acceptors (Lipinski definition) is 5. The van der Waals surface area contributed by atoms with Gasteiger partial charge in [-0.3, -0.25) is 0 Å². The van der Waals surface area contributed by atoms with E-state index >= 15 is 0 Å². The molecule has 1 atom stereocenters. The predicted molar refractivity (Wildman–Crippen MR) is 125 cm³/mol. The molecule has 2 aromatic rings.